The standard InChI is InChI=1S/C19H16Cl2N2O2/c1-12-9-14(22-11-13-4-6-15(20)16(21)10-13)5-7-17(12)23-19(24)18-3-2-8-25-18/h2-10,22H,11H2,1H3,(H,23,24). The van der Waals surface area contributed by atoms with Crippen molar-refractivity contribution in [1.82, 2.24) is 0 Å². The Bertz CT molecular complexity index is 892. The predicted molar refractivity (Wildman–Crippen MR) is 102 cm³/mol. The molecule has 0 bridgehead atoms. The molecule has 6 heteroatoms. The van der Waals surface area contributed by atoms with Crippen molar-refractivity contribution in [3.63, 3.8) is 0 Å². The van der Waals surface area contributed by atoms with Gasteiger partial charge in [-0.1, -0.05) is 29.3 Å². The van der Waals surface area contributed by atoms with Gasteiger partial charge in [0.2, 0.25) is 0 Å². The van der Waals surface area contributed by atoms with Crippen molar-refractivity contribution in [2.24, 2.45) is 0 Å². The molecular formula is C19H16Cl2N2O2. The summed E-state index contributed by atoms with van der Waals surface area (Å²) in [5.74, 6) is 0.00540. The van der Waals surface area contributed by atoms with Gasteiger partial charge in [0.15, 0.2) is 5.76 Å². The largest absolute Gasteiger partial charge is 0.459 e. The third-order valence-electron chi connectivity index (χ3n) is 3.70. The molecule has 128 valence electrons. The molecule has 0 aliphatic heterocycles. The van der Waals surface area contributed by atoms with E-state index in [9.17, 15) is 4.79 Å². The lowest BCUT2D eigenvalue weighted by molar-refractivity contribution is 0.0996. The Balaban J connectivity index is 1.65. The van der Waals surface area contributed by atoms with Gasteiger partial charge in [0.1, 0.15) is 0 Å². The summed E-state index contributed by atoms with van der Waals surface area (Å²) in [6.07, 6.45) is 1.47. The topological polar surface area (TPSA) is 54.3 Å². The quantitative estimate of drug-likeness (QED) is 0.596. The zero-order valence-corrected chi connectivity index (χ0v) is 15.0. The highest BCUT2D eigenvalue weighted by Gasteiger charge is 2.10. The van der Waals surface area contributed by atoms with Crippen molar-refractivity contribution >= 4 is 40.5 Å². The van der Waals surface area contributed by atoms with Gasteiger partial charge in [0.25, 0.3) is 5.91 Å². The van der Waals surface area contributed by atoms with Crippen molar-refractivity contribution in [2.75, 3.05) is 10.6 Å². The van der Waals surface area contributed by atoms with Crippen LogP contribution < -0.4 is 10.6 Å². The highest BCUT2D eigenvalue weighted by molar-refractivity contribution is 6.42. The molecule has 0 fully saturated rings. The summed E-state index contributed by atoms with van der Waals surface area (Å²) in [7, 11) is 0. The summed E-state index contributed by atoms with van der Waals surface area (Å²) >= 11 is 11.9. The normalized spacial score (nSPS) is 10.5. The molecule has 0 atom stereocenters. The molecule has 4 nitrogen and oxygen atoms in total. The van der Waals surface area contributed by atoms with Crippen LogP contribution in [-0.4, -0.2) is 5.91 Å². The molecular weight excluding hydrogens is 359 g/mol. The maximum absolute atomic E-state index is 12.0. The molecule has 0 saturated heterocycles. The van der Waals surface area contributed by atoms with Gasteiger partial charge in [-0.25, -0.2) is 0 Å². The smallest absolute Gasteiger partial charge is 0.291 e. The molecule has 0 spiro atoms. The van der Waals surface area contributed by atoms with Crippen LogP contribution in [0.25, 0.3) is 0 Å². The first-order valence-electron chi connectivity index (χ1n) is 7.66. The average molecular weight is 375 g/mol. The molecule has 2 aromatic carbocycles. The van der Waals surface area contributed by atoms with E-state index in [0.717, 1.165) is 22.5 Å². The van der Waals surface area contributed by atoms with Gasteiger partial charge < -0.3 is 15.1 Å². The zero-order valence-electron chi connectivity index (χ0n) is 13.5. The summed E-state index contributed by atoms with van der Waals surface area (Å²) in [6.45, 7) is 2.55. The highest BCUT2D eigenvalue weighted by Crippen LogP contribution is 2.24. The Morgan fingerprint density at radius 3 is 2.60 bits per heavy atom. The predicted octanol–water partition coefficient (Wildman–Crippen LogP) is 5.76. The number of aryl methyl sites for hydroxylation is 1. The molecule has 0 aliphatic carbocycles. The van der Waals surface area contributed by atoms with Crippen molar-refractivity contribution in [3.8, 4) is 0 Å². The van der Waals surface area contributed by atoms with Gasteiger partial charge in [0, 0.05) is 17.9 Å². The van der Waals surface area contributed by atoms with E-state index in [-0.39, 0.29) is 11.7 Å². The van der Waals surface area contributed by atoms with Crippen molar-refractivity contribution < 1.29 is 9.21 Å². The molecule has 3 rings (SSSR count). The van der Waals surface area contributed by atoms with Crippen LogP contribution in [0.15, 0.2) is 59.2 Å². The van der Waals surface area contributed by atoms with Gasteiger partial charge in [0.05, 0.1) is 16.3 Å². The second kappa shape index (κ2) is 7.64. The number of amides is 1. The van der Waals surface area contributed by atoms with Crippen LogP contribution in [0.3, 0.4) is 0 Å². The first kappa shape index (κ1) is 17.4. The Kier molecular flexibility index (Phi) is 5.31. The van der Waals surface area contributed by atoms with Crippen molar-refractivity contribution in [3.05, 3.63) is 81.7 Å². The number of hydrogen-bond acceptors (Lipinski definition) is 3. The van der Waals surface area contributed by atoms with Gasteiger partial charge in [-0.2, -0.15) is 0 Å². The fraction of sp³-hybridized carbons (Fsp3) is 0.105. The van der Waals surface area contributed by atoms with Crippen LogP contribution in [0, 0.1) is 6.92 Å². The second-order valence-electron chi connectivity index (χ2n) is 5.56. The highest BCUT2D eigenvalue weighted by atomic mass is 35.5. The maximum Gasteiger partial charge on any atom is 0.291 e. The van der Waals surface area contributed by atoms with Crippen LogP contribution >= 0.6 is 23.2 Å². The molecule has 2 N–H and O–H groups in total. The van der Waals surface area contributed by atoms with Gasteiger partial charge in [-0.05, 0) is 60.5 Å². The van der Waals surface area contributed by atoms with E-state index >= 15 is 0 Å². The second-order valence-corrected chi connectivity index (χ2v) is 6.38. The van der Waals surface area contributed by atoms with E-state index in [2.05, 4.69) is 10.6 Å². The van der Waals surface area contributed by atoms with E-state index in [0.29, 0.717) is 16.6 Å². The lowest BCUT2D eigenvalue weighted by Crippen LogP contribution is -2.12. The Morgan fingerprint density at radius 2 is 1.92 bits per heavy atom. The lowest BCUT2D eigenvalue weighted by atomic mass is 10.1. The number of carbonyl (C=O) groups is 1. The molecule has 1 amide bonds. The molecule has 25 heavy (non-hydrogen) atoms. The van der Waals surface area contributed by atoms with E-state index in [1.807, 2.05) is 37.3 Å². The summed E-state index contributed by atoms with van der Waals surface area (Å²) < 4.78 is 5.09. The van der Waals surface area contributed by atoms with Crippen LogP contribution in [0.1, 0.15) is 21.7 Å². The summed E-state index contributed by atoms with van der Waals surface area (Å²) in [6, 6.07) is 14.6. The van der Waals surface area contributed by atoms with Crippen molar-refractivity contribution in [2.45, 2.75) is 13.5 Å². The van der Waals surface area contributed by atoms with E-state index < -0.39 is 0 Å². The average Bonchev–Trinajstić information content (AvgIpc) is 3.13. The number of hydrogen-bond donors (Lipinski definition) is 2. The van der Waals surface area contributed by atoms with Crippen LogP contribution in [0.4, 0.5) is 11.4 Å². The Hall–Kier alpha value is -2.43. The number of carbonyl (C=O) groups excluding carboxylic acids is 1. The summed E-state index contributed by atoms with van der Waals surface area (Å²) in [4.78, 5) is 12.0. The molecule has 0 unspecified atom stereocenters. The fourth-order valence-electron chi connectivity index (χ4n) is 2.36. The first-order chi connectivity index (χ1) is 12.0. The van der Waals surface area contributed by atoms with Crippen LogP contribution in [-0.2, 0) is 6.54 Å². The third kappa shape index (κ3) is 4.35. The van der Waals surface area contributed by atoms with Gasteiger partial charge >= 0.3 is 0 Å². The Morgan fingerprint density at radius 1 is 1.08 bits per heavy atom. The number of nitrogens with one attached hydrogen (secondary N) is 2. The van der Waals surface area contributed by atoms with Gasteiger partial charge in [-0.15, -0.1) is 0 Å². The van der Waals surface area contributed by atoms with E-state index in [1.165, 1.54) is 6.26 Å². The molecule has 0 aliphatic rings. The lowest BCUT2D eigenvalue weighted by Gasteiger charge is -2.12. The van der Waals surface area contributed by atoms with Crippen molar-refractivity contribution in [1.29, 1.82) is 0 Å². The molecule has 1 aromatic heterocycles. The minimum Gasteiger partial charge on any atom is -0.459 e. The SMILES string of the molecule is Cc1cc(NCc2ccc(Cl)c(Cl)c2)ccc1NC(=O)c1ccco1. The molecule has 0 saturated carbocycles. The van der Waals surface area contributed by atoms with Crippen LogP contribution in [0.2, 0.25) is 10.0 Å². The molecule has 1 heterocycles. The summed E-state index contributed by atoms with van der Waals surface area (Å²) in [5, 5.41) is 7.23. The monoisotopic (exact) mass is 374 g/mol. The minimum atomic E-state index is -0.274. The number of halogens is 2. The van der Waals surface area contributed by atoms with E-state index in [4.69, 9.17) is 27.6 Å². The number of furan rings is 1. The minimum absolute atomic E-state index is 0.274. The van der Waals surface area contributed by atoms with E-state index in [1.54, 1.807) is 18.2 Å². The summed E-state index contributed by atoms with van der Waals surface area (Å²) in [5.41, 5.74) is 3.65. The maximum atomic E-state index is 12.0. The first-order valence-corrected chi connectivity index (χ1v) is 8.42. The number of benzene rings is 2. The van der Waals surface area contributed by atoms with Gasteiger partial charge in [-0.3, -0.25) is 4.79 Å². The fourth-order valence-corrected chi connectivity index (χ4v) is 2.68. The molecule has 0 radical (unpaired) electrons. The van der Waals surface area contributed by atoms with Crippen LogP contribution in [0.5, 0.6) is 0 Å². The Labute approximate surface area is 155 Å². The zero-order chi connectivity index (χ0) is 17.8. The number of anilines is 2. The third-order valence-corrected chi connectivity index (χ3v) is 4.44. The number of rotatable bonds is 5. The molecule has 3 aromatic rings.